The van der Waals surface area contributed by atoms with Gasteiger partial charge in [0.2, 0.25) is 24.5 Å². The van der Waals surface area contributed by atoms with E-state index >= 15 is 0 Å². The van der Waals surface area contributed by atoms with E-state index in [-0.39, 0.29) is 35.7 Å². The zero-order chi connectivity index (χ0) is 16.6. The highest BCUT2D eigenvalue weighted by atomic mass is 32.2. The fourth-order valence-electron chi connectivity index (χ4n) is 2.44. The van der Waals surface area contributed by atoms with Crippen molar-refractivity contribution in [3.05, 3.63) is 18.2 Å². The van der Waals surface area contributed by atoms with Crippen molar-refractivity contribution >= 4 is 35.2 Å². The number of anilines is 1. The average Bonchev–Trinajstić information content (AvgIpc) is 2.97. The third kappa shape index (κ3) is 3.12. The second kappa shape index (κ2) is 6.11. The molecule has 1 aromatic rings. The fraction of sp³-hybridized carbons (Fsp3) is 0.400. The fourth-order valence-corrected chi connectivity index (χ4v) is 3.54. The molecule has 2 aliphatic rings. The number of thioether (sulfide) groups is 1. The zero-order valence-corrected chi connectivity index (χ0v) is 13.5. The molecule has 23 heavy (non-hydrogen) atoms. The number of nitrogens with one attached hydrogen (secondary N) is 1. The molecule has 0 bridgehead atoms. The maximum atomic E-state index is 12.1. The lowest BCUT2D eigenvalue weighted by Gasteiger charge is -2.31. The first-order chi connectivity index (χ1) is 11.0. The van der Waals surface area contributed by atoms with Crippen LogP contribution in [0, 0.1) is 0 Å². The van der Waals surface area contributed by atoms with Gasteiger partial charge in [-0.15, -0.1) is 11.8 Å². The van der Waals surface area contributed by atoms with Gasteiger partial charge >= 0.3 is 0 Å². The molecule has 0 saturated carbocycles. The van der Waals surface area contributed by atoms with Gasteiger partial charge < -0.3 is 14.8 Å². The van der Waals surface area contributed by atoms with E-state index in [4.69, 9.17) is 9.47 Å². The Labute approximate surface area is 137 Å². The van der Waals surface area contributed by atoms with Crippen LogP contribution in [0.15, 0.2) is 18.2 Å². The first-order valence-corrected chi connectivity index (χ1v) is 8.10. The number of rotatable bonds is 3. The van der Waals surface area contributed by atoms with Gasteiger partial charge in [-0.2, -0.15) is 0 Å². The van der Waals surface area contributed by atoms with Gasteiger partial charge in [-0.1, -0.05) is 0 Å². The highest BCUT2D eigenvalue weighted by Gasteiger charge is 2.38. The highest BCUT2D eigenvalue weighted by Crippen LogP contribution is 2.34. The van der Waals surface area contributed by atoms with Gasteiger partial charge in [-0.3, -0.25) is 19.3 Å². The van der Waals surface area contributed by atoms with E-state index in [1.807, 2.05) is 0 Å². The van der Waals surface area contributed by atoms with Crippen LogP contribution < -0.4 is 14.8 Å². The number of amides is 3. The maximum Gasteiger partial charge on any atom is 0.244 e. The van der Waals surface area contributed by atoms with Crippen LogP contribution in [0.25, 0.3) is 0 Å². The van der Waals surface area contributed by atoms with Crippen molar-refractivity contribution in [1.82, 2.24) is 4.90 Å². The number of carbonyl (C=O) groups excluding carboxylic acids is 3. The molecule has 1 aromatic carbocycles. The van der Waals surface area contributed by atoms with Gasteiger partial charge in [-0.05, 0) is 26.0 Å². The van der Waals surface area contributed by atoms with Crippen LogP contribution in [0.1, 0.15) is 13.8 Å². The summed E-state index contributed by atoms with van der Waals surface area (Å²) in [5, 5.41) is 2.00. The smallest absolute Gasteiger partial charge is 0.244 e. The third-order valence-corrected chi connectivity index (χ3v) is 4.81. The second-order valence-electron chi connectivity index (χ2n) is 5.30. The molecule has 1 saturated heterocycles. The van der Waals surface area contributed by atoms with Gasteiger partial charge in [0.05, 0.1) is 10.5 Å². The van der Waals surface area contributed by atoms with Crippen molar-refractivity contribution in [3.63, 3.8) is 0 Å². The lowest BCUT2D eigenvalue weighted by atomic mass is 10.2. The number of hydrogen-bond acceptors (Lipinski definition) is 6. The maximum absolute atomic E-state index is 12.1. The summed E-state index contributed by atoms with van der Waals surface area (Å²) in [4.78, 5) is 37.4. The molecule has 7 nitrogen and oxygen atoms in total. The zero-order valence-electron chi connectivity index (χ0n) is 12.7. The number of ether oxygens (including phenoxy) is 2. The van der Waals surface area contributed by atoms with Crippen LogP contribution in [0.2, 0.25) is 0 Å². The first-order valence-electron chi connectivity index (χ1n) is 7.16. The molecule has 0 aliphatic carbocycles. The molecule has 0 radical (unpaired) electrons. The summed E-state index contributed by atoms with van der Waals surface area (Å²) in [5.41, 5.74) is 0.520. The van der Waals surface area contributed by atoms with Crippen LogP contribution in [0.5, 0.6) is 11.5 Å². The molecule has 2 atom stereocenters. The molecule has 3 rings (SSSR count). The minimum atomic E-state index is -0.433. The third-order valence-electron chi connectivity index (χ3n) is 3.59. The van der Waals surface area contributed by atoms with Crippen molar-refractivity contribution in [2.75, 3.05) is 18.7 Å². The monoisotopic (exact) mass is 336 g/mol. The quantitative estimate of drug-likeness (QED) is 0.836. The summed E-state index contributed by atoms with van der Waals surface area (Å²) in [6.45, 7) is 3.33. The molecule has 1 N–H and O–H groups in total. The molecule has 122 valence electrons. The first kappa shape index (κ1) is 15.7. The Balaban J connectivity index is 1.67. The van der Waals surface area contributed by atoms with E-state index < -0.39 is 5.91 Å². The largest absolute Gasteiger partial charge is 0.454 e. The Hall–Kier alpha value is -2.22. The molecule has 1 fully saturated rings. The van der Waals surface area contributed by atoms with E-state index in [0.717, 1.165) is 4.90 Å². The molecule has 2 aliphatic heterocycles. The van der Waals surface area contributed by atoms with Crippen LogP contribution >= 0.6 is 11.8 Å². The molecule has 0 unspecified atom stereocenters. The molecule has 2 heterocycles. The van der Waals surface area contributed by atoms with Crippen molar-refractivity contribution < 1.29 is 23.9 Å². The summed E-state index contributed by atoms with van der Waals surface area (Å²) in [6.07, 6.45) is 0. The number of fused-ring (bicyclic) bond motifs is 1. The van der Waals surface area contributed by atoms with Gasteiger partial charge in [0.15, 0.2) is 11.5 Å². The van der Waals surface area contributed by atoms with Crippen molar-refractivity contribution in [2.24, 2.45) is 0 Å². The van der Waals surface area contributed by atoms with Crippen molar-refractivity contribution in [3.8, 4) is 11.5 Å². The normalized spacial score (nSPS) is 23.1. The van der Waals surface area contributed by atoms with Crippen LogP contribution in [-0.4, -0.2) is 46.5 Å². The number of nitrogens with zero attached hydrogens (tertiary/aromatic N) is 1. The Bertz CT molecular complexity index is 658. The molecule has 0 aromatic heterocycles. The highest BCUT2D eigenvalue weighted by molar-refractivity contribution is 8.02. The molecule has 8 heteroatoms. The van der Waals surface area contributed by atoms with Gasteiger partial charge in [0, 0.05) is 11.8 Å². The van der Waals surface area contributed by atoms with Gasteiger partial charge in [-0.25, -0.2) is 0 Å². The van der Waals surface area contributed by atoms with Gasteiger partial charge in [0.1, 0.15) is 6.54 Å². The van der Waals surface area contributed by atoms with E-state index in [0.29, 0.717) is 17.2 Å². The minimum Gasteiger partial charge on any atom is -0.454 e. The summed E-state index contributed by atoms with van der Waals surface area (Å²) < 4.78 is 10.4. The Morgan fingerprint density at radius 2 is 1.87 bits per heavy atom. The number of carbonyl (C=O) groups is 3. The average molecular weight is 336 g/mol. The number of imide groups is 1. The summed E-state index contributed by atoms with van der Waals surface area (Å²) in [7, 11) is 0. The standard InChI is InChI=1S/C15H16N2O5S/c1-8-14(19)17(15(20)9(2)23-8)6-13(18)16-10-3-4-11-12(5-10)22-7-21-11/h3-5,8-9H,6-7H2,1-2H3,(H,16,18)/t8-,9-/m0/s1. The lowest BCUT2D eigenvalue weighted by Crippen LogP contribution is -2.52. The molecular formula is C15H16N2O5S. The Morgan fingerprint density at radius 3 is 2.57 bits per heavy atom. The topological polar surface area (TPSA) is 84.9 Å². The summed E-state index contributed by atoms with van der Waals surface area (Å²) >= 11 is 1.30. The number of benzene rings is 1. The van der Waals surface area contributed by atoms with Crippen molar-refractivity contribution in [2.45, 2.75) is 24.3 Å². The van der Waals surface area contributed by atoms with Crippen LogP contribution in [0.3, 0.4) is 0 Å². The SMILES string of the molecule is C[C@@H]1S[C@@H](C)C(=O)N(CC(=O)Nc2ccc3c(c2)OCO3)C1=O. The Kier molecular flexibility index (Phi) is 4.16. The number of hydrogen-bond donors (Lipinski definition) is 1. The molecular weight excluding hydrogens is 320 g/mol. The summed E-state index contributed by atoms with van der Waals surface area (Å²) in [6, 6.07) is 5.00. The van der Waals surface area contributed by atoms with E-state index in [9.17, 15) is 14.4 Å². The molecule has 0 spiro atoms. The van der Waals surface area contributed by atoms with Crippen LogP contribution in [0.4, 0.5) is 5.69 Å². The second-order valence-corrected chi connectivity index (χ2v) is 6.99. The lowest BCUT2D eigenvalue weighted by molar-refractivity contribution is -0.147. The van der Waals surface area contributed by atoms with Crippen molar-refractivity contribution in [1.29, 1.82) is 0 Å². The predicted octanol–water partition coefficient (Wildman–Crippen LogP) is 1.23. The van der Waals surface area contributed by atoms with E-state index in [1.54, 1.807) is 32.0 Å². The van der Waals surface area contributed by atoms with E-state index in [2.05, 4.69) is 5.32 Å². The Morgan fingerprint density at radius 1 is 1.22 bits per heavy atom. The van der Waals surface area contributed by atoms with Crippen LogP contribution in [-0.2, 0) is 14.4 Å². The van der Waals surface area contributed by atoms with Gasteiger partial charge in [0.25, 0.3) is 0 Å². The molecule has 3 amide bonds. The van der Waals surface area contributed by atoms with E-state index in [1.165, 1.54) is 11.8 Å². The minimum absolute atomic E-state index is 0.150. The predicted molar refractivity (Wildman–Crippen MR) is 84.4 cm³/mol. The summed E-state index contributed by atoms with van der Waals surface area (Å²) in [5.74, 6) is 0.0605.